The Morgan fingerprint density at radius 1 is 1.35 bits per heavy atom. The average molecular weight is 253 g/mol. The number of halogens is 4. The summed E-state index contributed by atoms with van der Waals surface area (Å²) in [4.78, 5) is 0. The maximum absolute atomic E-state index is 13.0. The van der Waals surface area contributed by atoms with Gasteiger partial charge in [-0.1, -0.05) is 6.07 Å². The number of benzene rings is 1. The normalized spacial score (nSPS) is 13.5. The molecule has 0 aliphatic heterocycles. The summed E-state index contributed by atoms with van der Waals surface area (Å²) in [6.07, 6.45) is -4.82. The number of nitrogens with two attached hydrogens (primary N) is 1. The molecule has 1 atom stereocenters. The Labute approximate surface area is 94.8 Å². The van der Waals surface area contributed by atoms with E-state index in [0.717, 1.165) is 12.1 Å². The highest BCUT2D eigenvalue weighted by atomic mass is 19.4. The van der Waals surface area contributed by atoms with Crippen LogP contribution in [-0.2, 0) is 6.42 Å². The van der Waals surface area contributed by atoms with Crippen molar-refractivity contribution in [1.29, 1.82) is 0 Å². The van der Waals surface area contributed by atoms with Gasteiger partial charge >= 0.3 is 6.36 Å². The molecule has 0 aliphatic rings. The molecule has 0 saturated carbocycles. The molecule has 0 radical (unpaired) electrons. The van der Waals surface area contributed by atoms with Crippen LogP contribution in [-0.4, -0.2) is 24.1 Å². The summed E-state index contributed by atoms with van der Waals surface area (Å²) in [6.45, 7) is -0.313. The number of aliphatic hydroxyl groups is 1. The standard InChI is InChI=1S/C10H11F4NO2/c11-8-2-1-6(3-7(15)5-16)4-9(8)17-10(12,13)14/h1-2,4,7,16H,3,5,15H2. The van der Waals surface area contributed by atoms with Crippen LogP contribution in [0.2, 0.25) is 0 Å². The fourth-order valence-electron chi connectivity index (χ4n) is 1.24. The third kappa shape index (κ3) is 4.58. The molecule has 0 heterocycles. The molecule has 96 valence electrons. The van der Waals surface area contributed by atoms with Crippen LogP contribution in [0.25, 0.3) is 0 Å². The van der Waals surface area contributed by atoms with E-state index in [4.69, 9.17) is 10.8 Å². The van der Waals surface area contributed by atoms with E-state index in [1.807, 2.05) is 0 Å². The van der Waals surface area contributed by atoms with Crippen LogP contribution >= 0.6 is 0 Å². The first-order chi connectivity index (χ1) is 7.81. The highest BCUT2D eigenvalue weighted by Crippen LogP contribution is 2.26. The molecule has 0 fully saturated rings. The van der Waals surface area contributed by atoms with E-state index in [2.05, 4.69) is 4.74 Å². The molecule has 1 aromatic carbocycles. The lowest BCUT2D eigenvalue weighted by atomic mass is 10.1. The maximum atomic E-state index is 13.0. The van der Waals surface area contributed by atoms with E-state index in [1.165, 1.54) is 6.07 Å². The Kier molecular flexibility index (Phi) is 4.30. The van der Waals surface area contributed by atoms with Gasteiger partial charge in [0.15, 0.2) is 11.6 Å². The van der Waals surface area contributed by atoms with Gasteiger partial charge < -0.3 is 15.6 Å². The van der Waals surface area contributed by atoms with Gasteiger partial charge in [-0.15, -0.1) is 13.2 Å². The van der Waals surface area contributed by atoms with Crippen molar-refractivity contribution in [3.05, 3.63) is 29.6 Å². The van der Waals surface area contributed by atoms with E-state index in [0.29, 0.717) is 5.56 Å². The van der Waals surface area contributed by atoms with Gasteiger partial charge in [-0.3, -0.25) is 0 Å². The van der Waals surface area contributed by atoms with Crippen LogP contribution in [0, 0.1) is 5.82 Å². The highest BCUT2D eigenvalue weighted by molar-refractivity contribution is 5.31. The molecule has 3 N–H and O–H groups in total. The van der Waals surface area contributed by atoms with Crippen molar-refractivity contribution in [3.63, 3.8) is 0 Å². The topological polar surface area (TPSA) is 55.5 Å². The number of alkyl halides is 3. The molecule has 0 spiro atoms. The quantitative estimate of drug-likeness (QED) is 0.801. The number of hydrogen-bond acceptors (Lipinski definition) is 3. The second-order valence-electron chi connectivity index (χ2n) is 3.46. The first-order valence-corrected chi connectivity index (χ1v) is 4.72. The van der Waals surface area contributed by atoms with Crippen molar-refractivity contribution in [2.24, 2.45) is 5.73 Å². The summed E-state index contributed by atoms with van der Waals surface area (Å²) >= 11 is 0. The minimum Gasteiger partial charge on any atom is -0.403 e. The van der Waals surface area contributed by atoms with Crippen molar-refractivity contribution in [1.82, 2.24) is 0 Å². The molecular formula is C10H11F4NO2. The van der Waals surface area contributed by atoms with Gasteiger partial charge in [-0.25, -0.2) is 4.39 Å². The predicted molar refractivity (Wildman–Crippen MR) is 51.8 cm³/mol. The predicted octanol–water partition coefficient (Wildman–Crippen LogP) is 1.59. The molecular weight excluding hydrogens is 242 g/mol. The van der Waals surface area contributed by atoms with E-state index in [-0.39, 0.29) is 13.0 Å². The Bertz CT molecular complexity index is 381. The van der Waals surface area contributed by atoms with Crippen LogP contribution in [0.4, 0.5) is 17.6 Å². The molecule has 17 heavy (non-hydrogen) atoms. The van der Waals surface area contributed by atoms with Crippen LogP contribution in [0.15, 0.2) is 18.2 Å². The fourth-order valence-corrected chi connectivity index (χ4v) is 1.24. The summed E-state index contributed by atoms with van der Waals surface area (Å²) < 4.78 is 52.3. The lowest BCUT2D eigenvalue weighted by molar-refractivity contribution is -0.275. The molecule has 0 aliphatic carbocycles. The number of hydrogen-bond donors (Lipinski definition) is 2. The molecule has 1 rings (SSSR count). The first-order valence-electron chi connectivity index (χ1n) is 4.72. The molecule has 7 heteroatoms. The Morgan fingerprint density at radius 3 is 2.53 bits per heavy atom. The summed E-state index contributed by atoms with van der Waals surface area (Å²) in [5.74, 6) is -2.01. The SMILES string of the molecule is NC(CO)Cc1ccc(F)c(OC(F)(F)F)c1. The summed E-state index contributed by atoms with van der Waals surface area (Å²) in [5.41, 5.74) is 5.77. The van der Waals surface area contributed by atoms with Crippen LogP contribution in [0.1, 0.15) is 5.56 Å². The first kappa shape index (κ1) is 13.7. The third-order valence-electron chi connectivity index (χ3n) is 1.95. The molecule has 0 aromatic heterocycles. The number of ether oxygens (including phenoxy) is 1. The average Bonchev–Trinajstić information content (AvgIpc) is 2.21. The fraction of sp³-hybridized carbons (Fsp3) is 0.400. The maximum Gasteiger partial charge on any atom is 0.573 e. The Hall–Kier alpha value is -1.34. The van der Waals surface area contributed by atoms with Gasteiger partial charge in [0.1, 0.15) is 0 Å². The lowest BCUT2D eigenvalue weighted by Crippen LogP contribution is -2.27. The van der Waals surface area contributed by atoms with Crippen LogP contribution in [0.3, 0.4) is 0 Å². The lowest BCUT2D eigenvalue weighted by Gasteiger charge is -2.12. The molecule has 1 aromatic rings. The second kappa shape index (κ2) is 5.33. The van der Waals surface area contributed by atoms with E-state index < -0.39 is 24.0 Å². The highest BCUT2D eigenvalue weighted by Gasteiger charge is 2.32. The second-order valence-corrected chi connectivity index (χ2v) is 3.46. The third-order valence-corrected chi connectivity index (χ3v) is 1.95. The van der Waals surface area contributed by atoms with E-state index in [1.54, 1.807) is 0 Å². The van der Waals surface area contributed by atoms with Gasteiger partial charge in [0.25, 0.3) is 0 Å². The Balaban J connectivity index is 2.87. The van der Waals surface area contributed by atoms with Gasteiger partial charge in [0.05, 0.1) is 6.61 Å². The van der Waals surface area contributed by atoms with Gasteiger partial charge in [-0.2, -0.15) is 0 Å². The Morgan fingerprint density at radius 2 is 2.00 bits per heavy atom. The van der Waals surface area contributed by atoms with Crippen molar-refractivity contribution in [3.8, 4) is 5.75 Å². The zero-order valence-corrected chi connectivity index (χ0v) is 8.67. The summed E-state index contributed by atoms with van der Waals surface area (Å²) in [5, 5.41) is 8.70. The summed E-state index contributed by atoms with van der Waals surface area (Å²) in [7, 11) is 0. The molecule has 1 unspecified atom stereocenters. The monoisotopic (exact) mass is 253 g/mol. The number of rotatable bonds is 4. The van der Waals surface area contributed by atoms with Crippen molar-refractivity contribution in [2.45, 2.75) is 18.8 Å². The van der Waals surface area contributed by atoms with Gasteiger partial charge in [-0.05, 0) is 24.1 Å². The molecule has 0 amide bonds. The molecule has 3 nitrogen and oxygen atoms in total. The van der Waals surface area contributed by atoms with Crippen LogP contribution in [0.5, 0.6) is 5.75 Å². The van der Waals surface area contributed by atoms with E-state index in [9.17, 15) is 17.6 Å². The van der Waals surface area contributed by atoms with E-state index >= 15 is 0 Å². The minimum absolute atomic E-state index is 0.130. The number of aliphatic hydroxyl groups excluding tert-OH is 1. The zero-order valence-electron chi connectivity index (χ0n) is 8.67. The smallest absolute Gasteiger partial charge is 0.403 e. The van der Waals surface area contributed by atoms with Crippen molar-refractivity contribution >= 4 is 0 Å². The van der Waals surface area contributed by atoms with Crippen molar-refractivity contribution in [2.75, 3.05) is 6.61 Å². The van der Waals surface area contributed by atoms with Crippen LogP contribution < -0.4 is 10.5 Å². The summed E-state index contributed by atoms with van der Waals surface area (Å²) in [6, 6.07) is 2.45. The van der Waals surface area contributed by atoms with Crippen molar-refractivity contribution < 1.29 is 27.4 Å². The largest absolute Gasteiger partial charge is 0.573 e. The molecule has 0 bridgehead atoms. The van der Waals surface area contributed by atoms with Gasteiger partial charge in [0, 0.05) is 6.04 Å². The molecule has 0 saturated heterocycles. The van der Waals surface area contributed by atoms with Gasteiger partial charge in [0.2, 0.25) is 0 Å². The zero-order chi connectivity index (χ0) is 13.1. The minimum atomic E-state index is -4.95.